The molecule has 4 heterocycles. The predicted octanol–water partition coefficient (Wildman–Crippen LogP) is 4.03. The van der Waals surface area contributed by atoms with Crippen molar-refractivity contribution in [3.63, 3.8) is 0 Å². The van der Waals surface area contributed by atoms with Gasteiger partial charge in [-0.2, -0.15) is 5.10 Å². The molecule has 1 unspecified atom stereocenters. The van der Waals surface area contributed by atoms with Crippen molar-refractivity contribution in [3.05, 3.63) is 51.1 Å². The van der Waals surface area contributed by atoms with Crippen molar-refractivity contribution in [1.29, 1.82) is 0 Å². The van der Waals surface area contributed by atoms with Crippen molar-refractivity contribution < 1.29 is 13.9 Å². The van der Waals surface area contributed by atoms with E-state index >= 15 is 0 Å². The molecule has 0 fully saturated rings. The number of thiophene rings is 1. The zero-order valence-electron chi connectivity index (χ0n) is 15.9. The van der Waals surface area contributed by atoms with Crippen molar-refractivity contribution >= 4 is 29.5 Å². The summed E-state index contributed by atoms with van der Waals surface area (Å²) in [7, 11) is -1.09. The highest BCUT2D eigenvalue weighted by Gasteiger charge is 2.29. The van der Waals surface area contributed by atoms with Gasteiger partial charge in [0.25, 0.3) is 0 Å². The van der Waals surface area contributed by atoms with Gasteiger partial charge in [-0.15, -0.1) is 11.3 Å². The average molecular weight is 405 g/mol. The van der Waals surface area contributed by atoms with Crippen LogP contribution in [0.4, 0.5) is 0 Å². The van der Waals surface area contributed by atoms with E-state index in [2.05, 4.69) is 24.7 Å². The highest BCUT2D eigenvalue weighted by molar-refractivity contribution is 7.17. The molecule has 0 aromatic carbocycles. The third-order valence-electron chi connectivity index (χ3n) is 4.73. The second-order valence-corrected chi connectivity index (χ2v) is 14.6. The van der Waals surface area contributed by atoms with Gasteiger partial charge in [0.05, 0.1) is 12.8 Å². The Hall–Kier alpha value is -1.74. The second-order valence-electron chi connectivity index (χ2n) is 8.06. The molecule has 6 nitrogen and oxygen atoms in total. The third kappa shape index (κ3) is 3.94. The van der Waals surface area contributed by atoms with E-state index < -0.39 is 14.2 Å². The molecule has 0 aliphatic carbocycles. The van der Waals surface area contributed by atoms with Crippen LogP contribution in [0, 0.1) is 0 Å². The smallest absolute Gasteiger partial charge is 0.354 e. The Morgan fingerprint density at radius 2 is 2.26 bits per heavy atom. The highest BCUT2D eigenvalue weighted by Crippen LogP contribution is 2.36. The van der Waals surface area contributed by atoms with Gasteiger partial charge >= 0.3 is 5.63 Å². The van der Waals surface area contributed by atoms with Crippen molar-refractivity contribution in [2.45, 2.75) is 44.9 Å². The number of ether oxygens (including phenoxy) is 2. The van der Waals surface area contributed by atoms with Gasteiger partial charge in [-0.3, -0.25) is 0 Å². The molecule has 0 radical (unpaired) electrons. The summed E-state index contributed by atoms with van der Waals surface area (Å²) in [4.78, 5) is 12.3. The Morgan fingerprint density at radius 3 is 3.07 bits per heavy atom. The van der Waals surface area contributed by atoms with E-state index in [1.165, 1.54) is 11.3 Å². The maximum absolute atomic E-state index is 12.3. The minimum atomic E-state index is -1.09. The molecule has 0 N–H and O–H groups in total. The largest absolute Gasteiger partial charge is 0.423 e. The van der Waals surface area contributed by atoms with Crippen LogP contribution in [0.5, 0.6) is 0 Å². The van der Waals surface area contributed by atoms with E-state index in [0.717, 1.165) is 35.6 Å². The zero-order valence-corrected chi connectivity index (χ0v) is 17.7. The van der Waals surface area contributed by atoms with Crippen LogP contribution in [-0.2, 0) is 22.6 Å². The molecule has 0 saturated carbocycles. The van der Waals surface area contributed by atoms with Crippen molar-refractivity contribution in [2.75, 3.05) is 13.2 Å². The molecule has 0 amide bonds. The summed E-state index contributed by atoms with van der Waals surface area (Å²) in [5.74, 6) is 0.608. The van der Waals surface area contributed by atoms with Crippen LogP contribution in [0.2, 0.25) is 25.7 Å². The second kappa shape index (κ2) is 7.35. The van der Waals surface area contributed by atoms with Gasteiger partial charge in [0.2, 0.25) is 0 Å². The van der Waals surface area contributed by atoms with E-state index in [1.807, 2.05) is 17.6 Å². The van der Waals surface area contributed by atoms with Crippen LogP contribution in [0.25, 0.3) is 10.1 Å². The lowest BCUT2D eigenvalue weighted by atomic mass is 9.99. The first-order valence-corrected chi connectivity index (χ1v) is 13.8. The summed E-state index contributed by atoms with van der Waals surface area (Å²) in [5.41, 5.74) is 1.65. The zero-order chi connectivity index (χ0) is 19.0. The highest BCUT2D eigenvalue weighted by atomic mass is 32.1. The molecule has 1 atom stereocenters. The van der Waals surface area contributed by atoms with Crippen LogP contribution >= 0.6 is 11.3 Å². The van der Waals surface area contributed by atoms with Gasteiger partial charge in [-0.05, 0) is 23.9 Å². The minimum absolute atomic E-state index is 0.295. The third-order valence-corrected chi connectivity index (χ3v) is 7.33. The van der Waals surface area contributed by atoms with Crippen LogP contribution in [0.1, 0.15) is 23.0 Å². The van der Waals surface area contributed by atoms with Crippen molar-refractivity contribution in [2.24, 2.45) is 0 Å². The summed E-state index contributed by atoms with van der Waals surface area (Å²) in [6, 6.07) is 3.12. The van der Waals surface area contributed by atoms with E-state index in [4.69, 9.17) is 13.9 Å². The normalized spacial score (nSPS) is 17.4. The van der Waals surface area contributed by atoms with Gasteiger partial charge in [0.1, 0.15) is 23.3 Å². The maximum atomic E-state index is 12.3. The van der Waals surface area contributed by atoms with Gasteiger partial charge in [-0.25, -0.2) is 9.48 Å². The van der Waals surface area contributed by atoms with E-state index in [0.29, 0.717) is 23.8 Å². The Labute approximate surface area is 162 Å². The Bertz CT molecular complexity index is 1000. The molecule has 4 rings (SSSR count). The maximum Gasteiger partial charge on any atom is 0.354 e. The average Bonchev–Trinajstić information content (AvgIpc) is 3.28. The summed E-state index contributed by atoms with van der Waals surface area (Å²) in [6.07, 6.45) is 4.02. The number of fused-ring (bicyclic) bond motifs is 3. The monoisotopic (exact) mass is 404 g/mol. The Morgan fingerprint density at radius 1 is 1.41 bits per heavy atom. The summed E-state index contributed by atoms with van der Waals surface area (Å²) < 4.78 is 19.8. The molecular weight excluding hydrogens is 380 g/mol. The fourth-order valence-corrected chi connectivity index (χ4v) is 4.79. The molecule has 8 heteroatoms. The van der Waals surface area contributed by atoms with E-state index in [1.54, 1.807) is 10.9 Å². The first kappa shape index (κ1) is 18.6. The van der Waals surface area contributed by atoms with Crippen LogP contribution in [0.15, 0.2) is 33.1 Å². The van der Waals surface area contributed by atoms with E-state index in [-0.39, 0.29) is 5.63 Å². The topological polar surface area (TPSA) is 66.5 Å². The molecule has 0 spiro atoms. The number of hydrogen-bond acceptors (Lipinski definition) is 6. The summed E-state index contributed by atoms with van der Waals surface area (Å²) >= 11 is 1.42. The Kier molecular flexibility index (Phi) is 5.07. The number of aromatic nitrogens is 2. The van der Waals surface area contributed by atoms with Crippen LogP contribution in [-0.4, -0.2) is 31.1 Å². The Balaban J connectivity index is 1.53. The number of nitrogens with zero attached hydrogens (tertiary/aromatic N) is 2. The molecule has 144 valence electrons. The summed E-state index contributed by atoms with van der Waals surface area (Å²) in [6.45, 7) is 8.75. The first-order valence-electron chi connectivity index (χ1n) is 9.17. The minimum Gasteiger partial charge on any atom is -0.423 e. The standard InChI is InChI=1S/C19H24N2O4SSi/c1-27(2,3)9-7-23-12-21-11-13(10-20-21)16-17-14(4-6-24-16)15-5-8-26-18(15)19(22)25-17/h5,8,10-11,16H,4,6-7,9,12H2,1-3H3. The molecular formula is C19H24N2O4SSi. The first-order chi connectivity index (χ1) is 12.9. The molecule has 0 bridgehead atoms. The molecule has 27 heavy (non-hydrogen) atoms. The quantitative estimate of drug-likeness (QED) is 0.458. The number of hydrogen-bond donors (Lipinski definition) is 0. The van der Waals surface area contributed by atoms with Gasteiger partial charge in [0, 0.05) is 37.4 Å². The van der Waals surface area contributed by atoms with Crippen molar-refractivity contribution in [1.82, 2.24) is 9.78 Å². The van der Waals surface area contributed by atoms with Gasteiger partial charge in [0.15, 0.2) is 0 Å². The molecule has 3 aromatic rings. The fourth-order valence-electron chi connectivity index (χ4n) is 3.24. The molecule has 1 aliphatic heterocycles. The van der Waals surface area contributed by atoms with Crippen molar-refractivity contribution in [3.8, 4) is 0 Å². The molecule has 1 aliphatic rings. The number of rotatable bonds is 6. The summed E-state index contributed by atoms with van der Waals surface area (Å²) in [5, 5.41) is 7.30. The van der Waals surface area contributed by atoms with Gasteiger partial charge in [-0.1, -0.05) is 19.6 Å². The lowest BCUT2D eigenvalue weighted by molar-refractivity contribution is 0.0496. The lowest BCUT2D eigenvalue weighted by Gasteiger charge is -2.23. The molecule has 0 saturated heterocycles. The van der Waals surface area contributed by atoms with Crippen LogP contribution < -0.4 is 5.63 Å². The lowest BCUT2D eigenvalue weighted by Crippen LogP contribution is -2.22. The fraction of sp³-hybridized carbons (Fsp3) is 0.474. The predicted molar refractivity (Wildman–Crippen MR) is 108 cm³/mol. The SMILES string of the molecule is C[Si](C)(C)CCOCn1cc(C2OCCc3c2oc(=O)c2sccc32)cn1. The molecule has 3 aromatic heterocycles. The van der Waals surface area contributed by atoms with E-state index in [9.17, 15) is 4.79 Å². The van der Waals surface area contributed by atoms with Crippen LogP contribution in [0.3, 0.4) is 0 Å². The van der Waals surface area contributed by atoms with Gasteiger partial charge < -0.3 is 13.9 Å².